The van der Waals surface area contributed by atoms with Crippen LogP contribution in [0.1, 0.15) is 17.0 Å². The van der Waals surface area contributed by atoms with Crippen LogP contribution < -0.4 is 16.6 Å². The number of alkyl halides is 3. The summed E-state index contributed by atoms with van der Waals surface area (Å²) in [6.45, 7) is 3.44. The standard InChI is InChI=1S/C13H14F3N5/c1-7-11(18-8(2)19-12(7)21-17)20-10-5-3-9(4-6-10)13(14,15)16/h3-6H,17H2,1-2H3,(H2,18,19,20,21). The van der Waals surface area contributed by atoms with E-state index < -0.39 is 11.7 Å². The quantitative estimate of drug-likeness (QED) is 0.599. The number of benzene rings is 1. The first-order valence-electron chi connectivity index (χ1n) is 6.07. The van der Waals surface area contributed by atoms with Crippen molar-refractivity contribution < 1.29 is 13.2 Å². The van der Waals surface area contributed by atoms with Gasteiger partial charge in [-0.1, -0.05) is 0 Å². The molecule has 1 heterocycles. The molecule has 0 atom stereocenters. The zero-order valence-electron chi connectivity index (χ0n) is 11.4. The molecule has 0 unspecified atom stereocenters. The van der Waals surface area contributed by atoms with E-state index in [1.807, 2.05) is 0 Å². The van der Waals surface area contributed by atoms with Gasteiger partial charge in [0.2, 0.25) is 0 Å². The molecule has 21 heavy (non-hydrogen) atoms. The lowest BCUT2D eigenvalue weighted by Crippen LogP contribution is -2.13. The first-order chi connectivity index (χ1) is 9.81. The molecule has 2 rings (SSSR count). The van der Waals surface area contributed by atoms with Crippen LogP contribution in [0.4, 0.5) is 30.5 Å². The summed E-state index contributed by atoms with van der Waals surface area (Å²) in [6.07, 6.45) is -4.35. The average Bonchev–Trinajstić information content (AvgIpc) is 2.42. The van der Waals surface area contributed by atoms with Gasteiger partial charge in [-0.25, -0.2) is 15.8 Å². The zero-order valence-corrected chi connectivity index (χ0v) is 11.4. The van der Waals surface area contributed by atoms with Crippen molar-refractivity contribution in [3.05, 3.63) is 41.2 Å². The second kappa shape index (κ2) is 5.57. The fourth-order valence-corrected chi connectivity index (χ4v) is 1.77. The number of rotatable bonds is 3. The number of aromatic nitrogens is 2. The largest absolute Gasteiger partial charge is 0.416 e. The van der Waals surface area contributed by atoms with Crippen LogP contribution in [0.15, 0.2) is 24.3 Å². The second-order valence-electron chi connectivity index (χ2n) is 4.44. The van der Waals surface area contributed by atoms with Crippen molar-refractivity contribution in [1.29, 1.82) is 0 Å². The third-order valence-corrected chi connectivity index (χ3v) is 2.87. The summed E-state index contributed by atoms with van der Waals surface area (Å²) in [6, 6.07) is 4.70. The number of nitrogens with two attached hydrogens (primary N) is 1. The lowest BCUT2D eigenvalue weighted by molar-refractivity contribution is -0.137. The molecule has 0 fully saturated rings. The molecule has 112 valence electrons. The fraction of sp³-hybridized carbons (Fsp3) is 0.231. The molecule has 1 aromatic carbocycles. The highest BCUT2D eigenvalue weighted by Crippen LogP contribution is 2.30. The minimum Gasteiger partial charge on any atom is -0.340 e. The first-order valence-corrected chi connectivity index (χ1v) is 6.07. The Morgan fingerprint density at radius 1 is 1.00 bits per heavy atom. The number of hydrogen-bond acceptors (Lipinski definition) is 5. The van der Waals surface area contributed by atoms with E-state index >= 15 is 0 Å². The number of nitrogens with one attached hydrogen (secondary N) is 2. The van der Waals surface area contributed by atoms with Gasteiger partial charge in [0, 0.05) is 11.3 Å². The van der Waals surface area contributed by atoms with Crippen molar-refractivity contribution in [3.63, 3.8) is 0 Å². The van der Waals surface area contributed by atoms with Gasteiger partial charge in [-0.2, -0.15) is 13.2 Å². The molecule has 0 aliphatic carbocycles. The predicted molar refractivity (Wildman–Crippen MR) is 74.0 cm³/mol. The Balaban J connectivity index is 2.28. The minimum atomic E-state index is -4.35. The Bertz CT molecular complexity index is 637. The molecule has 0 bridgehead atoms. The second-order valence-corrected chi connectivity index (χ2v) is 4.44. The van der Waals surface area contributed by atoms with E-state index in [0.29, 0.717) is 28.7 Å². The predicted octanol–water partition coefficient (Wildman–Crippen LogP) is 3.14. The monoisotopic (exact) mass is 297 g/mol. The van der Waals surface area contributed by atoms with Crippen molar-refractivity contribution in [2.45, 2.75) is 20.0 Å². The van der Waals surface area contributed by atoms with Gasteiger partial charge in [0.25, 0.3) is 0 Å². The summed E-state index contributed by atoms with van der Waals surface area (Å²) in [5, 5.41) is 2.95. The van der Waals surface area contributed by atoms with E-state index in [-0.39, 0.29) is 0 Å². The summed E-state index contributed by atoms with van der Waals surface area (Å²) in [5.41, 5.74) is 2.91. The molecule has 0 saturated heterocycles. The van der Waals surface area contributed by atoms with Gasteiger partial charge in [0.15, 0.2) is 0 Å². The molecule has 0 spiro atoms. The number of nitrogens with zero attached hydrogens (tertiary/aromatic N) is 2. The van der Waals surface area contributed by atoms with Gasteiger partial charge < -0.3 is 10.7 Å². The summed E-state index contributed by atoms with van der Waals surface area (Å²) in [4.78, 5) is 8.31. The third kappa shape index (κ3) is 3.40. The van der Waals surface area contributed by atoms with E-state index in [4.69, 9.17) is 5.84 Å². The molecular formula is C13H14F3N5. The first kappa shape index (κ1) is 15.0. The van der Waals surface area contributed by atoms with Crippen LogP contribution in [-0.4, -0.2) is 9.97 Å². The molecule has 0 aliphatic heterocycles. The lowest BCUT2D eigenvalue weighted by Gasteiger charge is -2.13. The van der Waals surface area contributed by atoms with E-state index in [1.165, 1.54) is 12.1 Å². The number of hydrazine groups is 1. The van der Waals surface area contributed by atoms with E-state index in [2.05, 4.69) is 20.7 Å². The summed E-state index contributed by atoms with van der Waals surface area (Å²) < 4.78 is 37.5. The van der Waals surface area contributed by atoms with Gasteiger partial charge in [0.1, 0.15) is 17.5 Å². The molecule has 0 saturated carbocycles. The average molecular weight is 297 g/mol. The van der Waals surface area contributed by atoms with Crippen molar-refractivity contribution in [2.24, 2.45) is 5.84 Å². The number of hydrogen-bond donors (Lipinski definition) is 3. The normalized spacial score (nSPS) is 11.3. The van der Waals surface area contributed by atoms with Gasteiger partial charge in [-0.15, -0.1) is 0 Å². The molecule has 4 N–H and O–H groups in total. The van der Waals surface area contributed by atoms with E-state index in [9.17, 15) is 13.2 Å². The molecule has 2 aromatic rings. The number of anilines is 3. The van der Waals surface area contributed by atoms with Crippen LogP contribution in [0.3, 0.4) is 0 Å². The Morgan fingerprint density at radius 3 is 2.10 bits per heavy atom. The van der Waals surface area contributed by atoms with Crippen LogP contribution >= 0.6 is 0 Å². The maximum atomic E-state index is 12.5. The van der Waals surface area contributed by atoms with E-state index in [1.54, 1.807) is 13.8 Å². The van der Waals surface area contributed by atoms with Crippen LogP contribution in [0.25, 0.3) is 0 Å². The highest BCUT2D eigenvalue weighted by Gasteiger charge is 2.29. The summed E-state index contributed by atoms with van der Waals surface area (Å²) >= 11 is 0. The van der Waals surface area contributed by atoms with Crippen molar-refractivity contribution in [1.82, 2.24) is 9.97 Å². The lowest BCUT2D eigenvalue weighted by atomic mass is 10.2. The number of halogens is 3. The molecule has 0 amide bonds. The van der Waals surface area contributed by atoms with Crippen molar-refractivity contribution >= 4 is 17.3 Å². The van der Waals surface area contributed by atoms with Crippen LogP contribution in [0.2, 0.25) is 0 Å². The van der Waals surface area contributed by atoms with Gasteiger partial charge in [0.05, 0.1) is 5.56 Å². The van der Waals surface area contributed by atoms with Crippen LogP contribution in [0.5, 0.6) is 0 Å². The fourth-order valence-electron chi connectivity index (χ4n) is 1.77. The SMILES string of the molecule is Cc1nc(NN)c(C)c(Nc2ccc(C(F)(F)F)cc2)n1. The van der Waals surface area contributed by atoms with Gasteiger partial charge >= 0.3 is 6.18 Å². The zero-order chi connectivity index (χ0) is 15.6. The van der Waals surface area contributed by atoms with Crippen LogP contribution in [-0.2, 0) is 6.18 Å². The Kier molecular flexibility index (Phi) is 3.99. The van der Waals surface area contributed by atoms with Crippen LogP contribution in [0, 0.1) is 13.8 Å². The Labute approximate surface area is 119 Å². The summed E-state index contributed by atoms with van der Waals surface area (Å²) in [5.74, 6) is 6.78. The Morgan fingerprint density at radius 2 is 1.57 bits per heavy atom. The van der Waals surface area contributed by atoms with Crippen molar-refractivity contribution in [2.75, 3.05) is 10.7 Å². The molecule has 1 aromatic heterocycles. The molecule has 5 nitrogen and oxygen atoms in total. The Hall–Kier alpha value is -2.35. The highest BCUT2D eigenvalue weighted by molar-refractivity contribution is 5.64. The van der Waals surface area contributed by atoms with Crippen molar-refractivity contribution in [3.8, 4) is 0 Å². The van der Waals surface area contributed by atoms with Gasteiger partial charge in [-0.05, 0) is 38.1 Å². The maximum absolute atomic E-state index is 12.5. The van der Waals surface area contributed by atoms with E-state index in [0.717, 1.165) is 12.1 Å². The summed E-state index contributed by atoms with van der Waals surface area (Å²) in [7, 11) is 0. The molecule has 8 heteroatoms. The maximum Gasteiger partial charge on any atom is 0.416 e. The number of aryl methyl sites for hydroxylation is 1. The number of nitrogen functional groups attached to an aromatic ring is 1. The molecule has 0 radical (unpaired) electrons. The van der Waals surface area contributed by atoms with Gasteiger partial charge in [-0.3, -0.25) is 0 Å². The smallest absolute Gasteiger partial charge is 0.340 e. The highest BCUT2D eigenvalue weighted by atomic mass is 19.4. The molecule has 0 aliphatic rings. The third-order valence-electron chi connectivity index (χ3n) is 2.87. The topological polar surface area (TPSA) is 75.9 Å². The molecular weight excluding hydrogens is 283 g/mol. The minimum absolute atomic E-state index is 0.455.